The van der Waals surface area contributed by atoms with Crippen molar-refractivity contribution in [1.82, 2.24) is 4.90 Å². The van der Waals surface area contributed by atoms with E-state index >= 15 is 0 Å². The summed E-state index contributed by atoms with van der Waals surface area (Å²) in [6.45, 7) is 0.0691. The number of amides is 1. The van der Waals surface area contributed by atoms with Crippen molar-refractivity contribution in [2.24, 2.45) is 0 Å². The molecule has 0 aromatic carbocycles. The van der Waals surface area contributed by atoms with E-state index in [0.29, 0.717) is 0 Å². The summed E-state index contributed by atoms with van der Waals surface area (Å²) in [5.41, 5.74) is 0. The summed E-state index contributed by atoms with van der Waals surface area (Å²) in [7, 11) is 0. The molecule has 1 rings (SSSR count). The Bertz CT molecular complexity index is 425. The van der Waals surface area contributed by atoms with Crippen LogP contribution in [0.1, 0.15) is 17.7 Å². The zero-order valence-electron chi connectivity index (χ0n) is 10.2. The van der Waals surface area contributed by atoms with Crippen LogP contribution < -0.4 is 0 Å². The fraction of sp³-hybridized carbons (Fsp3) is 0.417. The van der Waals surface area contributed by atoms with Crippen molar-refractivity contribution in [3.63, 3.8) is 0 Å². The van der Waals surface area contributed by atoms with Gasteiger partial charge in [0, 0.05) is 18.0 Å². The smallest absolute Gasteiger partial charge is 0.305 e. The summed E-state index contributed by atoms with van der Waals surface area (Å²) in [5.74, 6) is -2.27. The van der Waals surface area contributed by atoms with Crippen LogP contribution in [0, 0.1) is 0 Å². The van der Waals surface area contributed by atoms with Gasteiger partial charge in [-0.25, -0.2) is 0 Å². The summed E-state index contributed by atoms with van der Waals surface area (Å²) in [4.78, 5) is 35.2. The topological polar surface area (TPSA) is 94.9 Å². The SMILES string of the molecule is O=C(O)CCN(CCC(=O)O)C(=O)Cc1cccs1. The molecule has 0 bridgehead atoms. The van der Waals surface area contributed by atoms with E-state index in [2.05, 4.69) is 0 Å². The molecule has 0 spiro atoms. The Labute approximate surface area is 114 Å². The van der Waals surface area contributed by atoms with Crippen LogP contribution in [0.5, 0.6) is 0 Å². The van der Waals surface area contributed by atoms with Gasteiger partial charge in [-0.05, 0) is 11.4 Å². The van der Waals surface area contributed by atoms with Crippen molar-refractivity contribution in [2.45, 2.75) is 19.3 Å². The molecular formula is C12H15NO5S. The molecular weight excluding hydrogens is 270 g/mol. The van der Waals surface area contributed by atoms with E-state index in [1.54, 1.807) is 0 Å². The highest BCUT2D eigenvalue weighted by molar-refractivity contribution is 7.10. The van der Waals surface area contributed by atoms with Gasteiger partial charge in [-0.15, -0.1) is 11.3 Å². The van der Waals surface area contributed by atoms with Gasteiger partial charge in [0.15, 0.2) is 0 Å². The summed E-state index contributed by atoms with van der Waals surface area (Å²) in [6, 6.07) is 3.64. The van der Waals surface area contributed by atoms with E-state index in [0.717, 1.165) is 4.88 Å². The second kappa shape index (κ2) is 7.52. The predicted molar refractivity (Wildman–Crippen MR) is 69.1 cm³/mol. The van der Waals surface area contributed by atoms with Gasteiger partial charge < -0.3 is 15.1 Å². The van der Waals surface area contributed by atoms with Crippen molar-refractivity contribution >= 4 is 29.2 Å². The first-order valence-corrected chi connectivity index (χ1v) is 6.60. The molecule has 0 saturated carbocycles. The van der Waals surface area contributed by atoms with Crippen LogP contribution in [0.2, 0.25) is 0 Å². The summed E-state index contributed by atoms with van der Waals surface area (Å²) in [6.07, 6.45) is -0.192. The van der Waals surface area contributed by atoms with Gasteiger partial charge in [0.1, 0.15) is 0 Å². The molecule has 0 aliphatic heterocycles. The lowest BCUT2D eigenvalue weighted by Gasteiger charge is -2.20. The van der Waals surface area contributed by atoms with Gasteiger partial charge in [-0.1, -0.05) is 6.07 Å². The Morgan fingerprint density at radius 2 is 1.68 bits per heavy atom. The number of hydrogen-bond donors (Lipinski definition) is 2. The van der Waals surface area contributed by atoms with Crippen molar-refractivity contribution < 1.29 is 24.6 Å². The first-order chi connectivity index (χ1) is 8.99. The second-order valence-corrected chi connectivity index (χ2v) is 4.96. The number of nitrogens with zero attached hydrogens (tertiary/aromatic N) is 1. The van der Waals surface area contributed by atoms with Gasteiger partial charge in [0.05, 0.1) is 19.3 Å². The highest BCUT2D eigenvalue weighted by Gasteiger charge is 2.16. The average molecular weight is 285 g/mol. The molecule has 0 aliphatic carbocycles. The van der Waals surface area contributed by atoms with Crippen LogP contribution in [-0.2, 0) is 20.8 Å². The van der Waals surface area contributed by atoms with Crippen molar-refractivity contribution in [2.75, 3.05) is 13.1 Å². The fourth-order valence-electron chi connectivity index (χ4n) is 1.50. The van der Waals surface area contributed by atoms with E-state index in [-0.39, 0.29) is 38.3 Å². The molecule has 7 heteroatoms. The van der Waals surface area contributed by atoms with Crippen LogP contribution in [-0.4, -0.2) is 46.0 Å². The van der Waals surface area contributed by atoms with Gasteiger partial charge >= 0.3 is 11.9 Å². The molecule has 19 heavy (non-hydrogen) atoms. The van der Waals surface area contributed by atoms with Crippen LogP contribution >= 0.6 is 11.3 Å². The van der Waals surface area contributed by atoms with Gasteiger partial charge in [0.25, 0.3) is 0 Å². The monoisotopic (exact) mass is 285 g/mol. The van der Waals surface area contributed by atoms with Crippen LogP contribution in [0.4, 0.5) is 0 Å². The molecule has 1 aromatic heterocycles. The lowest BCUT2D eigenvalue weighted by Crippen LogP contribution is -2.35. The maximum Gasteiger partial charge on any atom is 0.305 e. The van der Waals surface area contributed by atoms with Crippen LogP contribution in [0.25, 0.3) is 0 Å². The molecule has 1 heterocycles. The molecule has 1 amide bonds. The Hall–Kier alpha value is -1.89. The minimum atomic E-state index is -1.01. The van der Waals surface area contributed by atoms with Gasteiger partial charge in [-0.3, -0.25) is 14.4 Å². The Kier molecular flexibility index (Phi) is 6.01. The number of carbonyl (C=O) groups excluding carboxylic acids is 1. The fourth-order valence-corrected chi connectivity index (χ4v) is 2.19. The average Bonchev–Trinajstić information content (AvgIpc) is 2.80. The Morgan fingerprint density at radius 3 is 2.11 bits per heavy atom. The minimum absolute atomic E-state index is 0.0345. The van der Waals surface area contributed by atoms with E-state index in [9.17, 15) is 14.4 Å². The number of rotatable bonds is 8. The van der Waals surface area contributed by atoms with Crippen LogP contribution in [0.3, 0.4) is 0 Å². The minimum Gasteiger partial charge on any atom is -0.481 e. The number of aliphatic carboxylic acids is 2. The number of carboxylic acid groups (broad SMARTS) is 2. The zero-order valence-corrected chi connectivity index (χ0v) is 11.1. The third-order valence-corrected chi connectivity index (χ3v) is 3.33. The van der Waals surface area contributed by atoms with E-state index in [1.165, 1.54) is 16.2 Å². The molecule has 1 aromatic rings. The molecule has 2 N–H and O–H groups in total. The first kappa shape index (κ1) is 15.2. The highest BCUT2D eigenvalue weighted by Crippen LogP contribution is 2.11. The normalized spacial score (nSPS) is 10.1. The molecule has 0 unspecified atom stereocenters. The zero-order chi connectivity index (χ0) is 14.3. The standard InChI is InChI=1S/C12H15NO5S/c14-10(8-9-2-1-7-19-9)13(5-3-11(15)16)6-4-12(17)18/h1-2,7H,3-6,8H2,(H,15,16)(H,17,18). The quantitative estimate of drug-likeness (QED) is 0.745. The summed E-state index contributed by atoms with van der Waals surface area (Å²) < 4.78 is 0. The lowest BCUT2D eigenvalue weighted by atomic mass is 10.2. The predicted octanol–water partition coefficient (Wildman–Crippen LogP) is 1.07. The van der Waals surface area contributed by atoms with Crippen molar-refractivity contribution in [3.8, 4) is 0 Å². The molecule has 104 valence electrons. The maximum absolute atomic E-state index is 12.0. The number of thiophene rings is 1. The highest BCUT2D eigenvalue weighted by atomic mass is 32.1. The molecule has 0 aliphatic rings. The number of hydrogen-bond acceptors (Lipinski definition) is 4. The largest absolute Gasteiger partial charge is 0.481 e. The molecule has 6 nitrogen and oxygen atoms in total. The number of carbonyl (C=O) groups is 3. The third-order valence-electron chi connectivity index (χ3n) is 2.45. The van der Waals surface area contributed by atoms with Crippen molar-refractivity contribution in [1.29, 1.82) is 0 Å². The molecule has 0 atom stereocenters. The second-order valence-electron chi connectivity index (χ2n) is 3.92. The molecule has 0 fully saturated rings. The van der Waals surface area contributed by atoms with Gasteiger partial charge in [0.2, 0.25) is 5.91 Å². The Morgan fingerprint density at radius 1 is 1.11 bits per heavy atom. The van der Waals surface area contributed by atoms with E-state index in [1.807, 2.05) is 17.5 Å². The third kappa shape index (κ3) is 6.01. The van der Waals surface area contributed by atoms with Crippen molar-refractivity contribution in [3.05, 3.63) is 22.4 Å². The van der Waals surface area contributed by atoms with E-state index in [4.69, 9.17) is 10.2 Å². The lowest BCUT2D eigenvalue weighted by molar-refractivity contribution is -0.139. The maximum atomic E-state index is 12.0. The summed E-state index contributed by atoms with van der Waals surface area (Å²) >= 11 is 1.44. The number of carboxylic acids is 2. The molecule has 0 saturated heterocycles. The first-order valence-electron chi connectivity index (χ1n) is 5.73. The molecule has 0 radical (unpaired) electrons. The van der Waals surface area contributed by atoms with Gasteiger partial charge in [-0.2, -0.15) is 0 Å². The summed E-state index contributed by atoms with van der Waals surface area (Å²) in [5, 5.41) is 19.1. The van der Waals surface area contributed by atoms with Crippen LogP contribution in [0.15, 0.2) is 17.5 Å². The Balaban J connectivity index is 2.57. The van der Waals surface area contributed by atoms with E-state index < -0.39 is 11.9 Å².